The van der Waals surface area contributed by atoms with Crippen LogP contribution in [0, 0.1) is 6.92 Å². The summed E-state index contributed by atoms with van der Waals surface area (Å²) in [7, 11) is 0. The number of rotatable bonds is 6. The van der Waals surface area contributed by atoms with E-state index in [1.165, 1.54) is 27.7 Å². The van der Waals surface area contributed by atoms with Crippen LogP contribution in [0.1, 0.15) is 27.7 Å². The van der Waals surface area contributed by atoms with Crippen molar-refractivity contribution in [2.75, 3.05) is 11.6 Å². The minimum atomic E-state index is -0.273. The number of carbonyl (C=O) groups excluding carboxylic acids is 1. The fourth-order valence-electron chi connectivity index (χ4n) is 2.77. The molecule has 0 aliphatic heterocycles. The molecule has 0 bridgehead atoms. The summed E-state index contributed by atoms with van der Waals surface area (Å²) in [6.07, 6.45) is 1.64. The minimum absolute atomic E-state index is 0.273. The van der Waals surface area contributed by atoms with E-state index >= 15 is 0 Å². The molecule has 4 rings (SSSR count). The second-order valence-electron chi connectivity index (χ2n) is 6.43. The average Bonchev–Trinajstić information content (AvgIpc) is 3.35. The van der Waals surface area contributed by atoms with Gasteiger partial charge in [-0.3, -0.25) is 4.79 Å². The van der Waals surface area contributed by atoms with Crippen LogP contribution in [0.4, 0.5) is 5.13 Å². The van der Waals surface area contributed by atoms with Crippen LogP contribution in [0.15, 0.2) is 59.7 Å². The first-order chi connectivity index (χ1) is 14.5. The number of halogens is 1. The first kappa shape index (κ1) is 20.5. The Morgan fingerprint density at radius 2 is 1.97 bits per heavy atom. The van der Waals surface area contributed by atoms with E-state index in [0.29, 0.717) is 21.0 Å². The van der Waals surface area contributed by atoms with E-state index in [-0.39, 0.29) is 5.91 Å². The predicted molar refractivity (Wildman–Crippen MR) is 126 cm³/mol. The zero-order valence-corrected chi connectivity index (χ0v) is 18.7. The number of ether oxygens (including phenoxy) is 1. The Balaban J connectivity index is 1.69. The molecule has 0 saturated carbocycles. The monoisotopic (exact) mass is 455 g/mol. The van der Waals surface area contributed by atoms with Gasteiger partial charge >= 0.3 is 0 Å². The molecule has 30 heavy (non-hydrogen) atoms. The number of carbonyl (C=O) groups is 1. The van der Waals surface area contributed by atoms with Crippen LogP contribution in [-0.4, -0.2) is 23.7 Å². The first-order valence-electron chi connectivity index (χ1n) is 9.27. The number of nitrogens with zero attached hydrogens (tertiary/aromatic N) is 3. The van der Waals surface area contributed by atoms with Crippen LogP contribution in [0.3, 0.4) is 0 Å². The molecule has 2 aromatic carbocycles. The van der Waals surface area contributed by atoms with E-state index < -0.39 is 0 Å². The Labute approximate surface area is 187 Å². The number of amides is 1. The Hall–Kier alpha value is -2.74. The normalized spacial score (nSPS) is 11.3. The van der Waals surface area contributed by atoms with Crippen molar-refractivity contribution in [1.82, 2.24) is 4.98 Å². The lowest BCUT2D eigenvalue weighted by Crippen LogP contribution is -2.24. The maximum atomic E-state index is 13.2. The van der Waals surface area contributed by atoms with Crippen LogP contribution >= 0.6 is 34.3 Å². The number of aromatic nitrogens is 1. The van der Waals surface area contributed by atoms with Gasteiger partial charge in [-0.2, -0.15) is 10.1 Å². The summed E-state index contributed by atoms with van der Waals surface area (Å²) < 4.78 is 7.02. The highest BCUT2D eigenvalue weighted by atomic mass is 35.5. The standard InChI is InChI=1S/C22H18ClN3O2S2/c1-3-28-16-7-5-15(6-8-16)13-24-26(21(27)18-10-11-20(23)29-18)22-25-17-9-4-14(2)12-19(17)30-22/h4-13H,3H2,1-2H3/b24-13+. The van der Waals surface area contributed by atoms with Gasteiger partial charge in [-0.15, -0.1) is 11.3 Å². The molecule has 0 saturated heterocycles. The number of hydrazone groups is 1. The fraction of sp³-hybridized carbons (Fsp3) is 0.136. The van der Waals surface area contributed by atoms with E-state index in [1.807, 2.05) is 50.2 Å². The molecule has 2 aromatic heterocycles. The molecule has 0 unspecified atom stereocenters. The van der Waals surface area contributed by atoms with Crippen molar-refractivity contribution in [2.45, 2.75) is 13.8 Å². The van der Waals surface area contributed by atoms with Gasteiger partial charge in [0.25, 0.3) is 5.91 Å². The summed E-state index contributed by atoms with van der Waals surface area (Å²) in [5.74, 6) is 0.516. The van der Waals surface area contributed by atoms with Gasteiger partial charge in [0, 0.05) is 0 Å². The van der Waals surface area contributed by atoms with Crippen LogP contribution < -0.4 is 9.75 Å². The number of fused-ring (bicyclic) bond motifs is 1. The summed E-state index contributed by atoms with van der Waals surface area (Å²) in [4.78, 5) is 18.3. The van der Waals surface area contributed by atoms with Gasteiger partial charge in [0.1, 0.15) is 5.75 Å². The third-order valence-electron chi connectivity index (χ3n) is 4.20. The molecule has 0 spiro atoms. The highest BCUT2D eigenvalue weighted by Gasteiger charge is 2.22. The molecule has 0 aliphatic rings. The van der Waals surface area contributed by atoms with Crippen molar-refractivity contribution < 1.29 is 9.53 Å². The first-order valence-corrected chi connectivity index (χ1v) is 11.3. The van der Waals surface area contributed by atoms with Gasteiger partial charge in [0.15, 0.2) is 0 Å². The summed E-state index contributed by atoms with van der Waals surface area (Å²) in [6, 6.07) is 16.9. The lowest BCUT2D eigenvalue weighted by molar-refractivity contribution is 0.0991. The van der Waals surface area contributed by atoms with Crippen molar-refractivity contribution >= 4 is 61.7 Å². The highest BCUT2D eigenvalue weighted by molar-refractivity contribution is 7.22. The van der Waals surface area contributed by atoms with Crippen molar-refractivity contribution in [1.29, 1.82) is 0 Å². The van der Waals surface area contributed by atoms with Gasteiger partial charge in [0.05, 0.1) is 32.3 Å². The zero-order chi connectivity index (χ0) is 21.1. The smallest absolute Gasteiger partial charge is 0.290 e. The molecule has 0 fully saturated rings. The van der Waals surface area contributed by atoms with Gasteiger partial charge < -0.3 is 4.74 Å². The zero-order valence-electron chi connectivity index (χ0n) is 16.3. The number of benzene rings is 2. The molecule has 0 N–H and O–H groups in total. The lowest BCUT2D eigenvalue weighted by atomic mass is 10.2. The number of thiophene rings is 1. The Morgan fingerprint density at radius 3 is 2.67 bits per heavy atom. The van der Waals surface area contributed by atoms with Gasteiger partial charge in [-0.1, -0.05) is 29.0 Å². The van der Waals surface area contributed by atoms with Crippen molar-refractivity contribution in [2.24, 2.45) is 5.10 Å². The number of hydrogen-bond acceptors (Lipinski definition) is 6. The van der Waals surface area contributed by atoms with Crippen molar-refractivity contribution in [3.8, 4) is 5.75 Å². The van der Waals surface area contributed by atoms with Gasteiger partial charge in [-0.25, -0.2) is 4.98 Å². The molecular formula is C22H18ClN3O2S2. The fourth-order valence-corrected chi connectivity index (χ4v) is 4.76. The number of aryl methyl sites for hydroxylation is 1. The largest absolute Gasteiger partial charge is 0.494 e. The van der Waals surface area contributed by atoms with Crippen LogP contribution in [0.2, 0.25) is 4.34 Å². The van der Waals surface area contributed by atoms with Crippen LogP contribution in [0.25, 0.3) is 10.2 Å². The maximum Gasteiger partial charge on any atom is 0.290 e. The SMILES string of the molecule is CCOc1ccc(/C=N/N(C(=O)c2ccc(Cl)s2)c2nc3ccc(C)cc3s2)cc1. The molecule has 0 radical (unpaired) electrons. The van der Waals surface area contributed by atoms with Gasteiger partial charge in [-0.05, 0) is 73.5 Å². The van der Waals surface area contributed by atoms with Crippen LogP contribution in [-0.2, 0) is 0 Å². The van der Waals surface area contributed by atoms with Crippen molar-refractivity contribution in [3.05, 3.63) is 74.9 Å². The van der Waals surface area contributed by atoms with E-state index in [2.05, 4.69) is 16.2 Å². The molecule has 5 nitrogen and oxygen atoms in total. The van der Waals surface area contributed by atoms with E-state index in [1.54, 1.807) is 18.3 Å². The minimum Gasteiger partial charge on any atom is -0.494 e. The van der Waals surface area contributed by atoms with Crippen molar-refractivity contribution in [3.63, 3.8) is 0 Å². The van der Waals surface area contributed by atoms with Crippen LogP contribution in [0.5, 0.6) is 5.75 Å². The molecule has 0 atom stereocenters. The molecule has 2 heterocycles. The third-order valence-corrected chi connectivity index (χ3v) is 6.42. The molecule has 152 valence electrons. The summed E-state index contributed by atoms with van der Waals surface area (Å²) >= 11 is 8.68. The third kappa shape index (κ3) is 4.53. The quantitative estimate of drug-likeness (QED) is 0.249. The Kier molecular flexibility index (Phi) is 6.13. The maximum absolute atomic E-state index is 13.2. The summed E-state index contributed by atoms with van der Waals surface area (Å²) in [5.41, 5.74) is 2.81. The Morgan fingerprint density at radius 1 is 1.17 bits per heavy atom. The Bertz CT molecular complexity index is 1210. The number of anilines is 1. The lowest BCUT2D eigenvalue weighted by Gasteiger charge is -2.12. The predicted octanol–water partition coefficient (Wildman–Crippen LogP) is 6.40. The molecule has 8 heteroatoms. The summed E-state index contributed by atoms with van der Waals surface area (Å²) in [5, 5.41) is 6.31. The van der Waals surface area contributed by atoms with E-state index in [9.17, 15) is 4.79 Å². The molecule has 0 aliphatic carbocycles. The molecule has 4 aromatic rings. The number of hydrogen-bond donors (Lipinski definition) is 0. The average molecular weight is 456 g/mol. The second-order valence-corrected chi connectivity index (χ2v) is 9.16. The van der Waals surface area contributed by atoms with E-state index in [0.717, 1.165) is 27.1 Å². The molecule has 1 amide bonds. The second kappa shape index (κ2) is 8.95. The number of thiazole rings is 1. The topological polar surface area (TPSA) is 54.8 Å². The van der Waals surface area contributed by atoms with E-state index in [4.69, 9.17) is 16.3 Å². The van der Waals surface area contributed by atoms with Gasteiger partial charge in [0.2, 0.25) is 5.13 Å². The summed E-state index contributed by atoms with van der Waals surface area (Å²) in [6.45, 7) is 4.57. The molecular weight excluding hydrogens is 438 g/mol. The highest BCUT2D eigenvalue weighted by Crippen LogP contribution is 2.32.